The third-order valence-electron chi connectivity index (χ3n) is 1.79. The molecule has 0 radical (unpaired) electrons. The first-order valence-corrected chi connectivity index (χ1v) is 5.29. The minimum Gasteiger partial charge on any atom is -0.287 e. The number of hydrogen-bond donors (Lipinski definition) is 0. The Labute approximate surface area is 87.8 Å². The molecular formula is C11H12O2S. The Morgan fingerprint density at radius 2 is 2.21 bits per heavy atom. The first-order chi connectivity index (χ1) is 6.63. The maximum atomic E-state index is 11.4. The maximum absolute atomic E-state index is 11.4. The minimum atomic E-state index is 0.0392. The first-order valence-electron chi connectivity index (χ1n) is 4.47. The zero-order valence-corrected chi connectivity index (χ0v) is 9.06. The van der Waals surface area contributed by atoms with Crippen LogP contribution in [0.25, 0.3) is 0 Å². The molecule has 0 bridgehead atoms. The van der Waals surface area contributed by atoms with Crippen LogP contribution in [0.15, 0.2) is 28.7 Å². The third kappa shape index (κ3) is 3.02. The summed E-state index contributed by atoms with van der Waals surface area (Å²) < 4.78 is 0. The van der Waals surface area contributed by atoms with Gasteiger partial charge < -0.3 is 0 Å². The van der Waals surface area contributed by atoms with E-state index >= 15 is 0 Å². The lowest BCUT2D eigenvalue weighted by Crippen LogP contribution is -2.01. The molecule has 74 valence electrons. The number of carbonyl (C=O) groups is 1. The van der Waals surface area contributed by atoms with E-state index in [0.717, 1.165) is 4.91 Å². The monoisotopic (exact) mass is 208 g/mol. The highest BCUT2D eigenvalue weighted by atomic mass is 32.2. The fraction of sp³-hybridized carbons (Fsp3) is 0.364. The average Bonchev–Trinajstić information content (AvgIpc) is 2.19. The Bertz CT molecular complexity index is 344. The smallest absolute Gasteiger partial charge is 0.196 e. The number of allylic oxidation sites excluding steroid dienone is 4. The molecule has 1 aliphatic carbocycles. The zero-order valence-electron chi connectivity index (χ0n) is 8.24. The van der Waals surface area contributed by atoms with E-state index in [-0.39, 0.29) is 11.0 Å². The van der Waals surface area contributed by atoms with E-state index < -0.39 is 0 Å². The second-order valence-corrected chi connectivity index (χ2v) is 4.42. The van der Waals surface area contributed by atoms with Crippen LogP contribution < -0.4 is 0 Å². The van der Waals surface area contributed by atoms with Gasteiger partial charge in [0.2, 0.25) is 0 Å². The molecule has 0 aromatic rings. The minimum absolute atomic E-state index is 0.0392. The van der Waals surface area contributed by atoms with E-state index in [2.05, 4.69) is 0 Å². The van der Waals surface area contributed by atoms with Crippen molar-refractivity contribution in [2.45, 2.75) is 20.3 Å². The molecule has 0 aromatic carbocycles. The lowest BCUT2D eigenvalue weighted by atomic mass is 10.1. The Morgan fingerprint density at radius 3 is 2.64 bits per heavy atom. The summed E-state index contributed by atoms with van der Waals surface area (Å²) in [5.41, 5.74) is 0.631. The maximum Gasteiger partial charge on any atom is 0.196 e. The molecule has 14 heavy (non-hydrogen) atoms. The summed E-state index contributed by atoms with van der Waals surface area (Å²) >= 11 is 1.23. The molecule has 0 aromatic heterocycles. The van der Waals surface area contributed by atoms with Crippen LogP contribution in [0.4, 0.5) is 0 Å². The lowest BCUT2D eigenvalue weighted by molar-refractivity contribution is -0.113. The van der Waals surface area contributed by atoms with Crippen molar-refractivity contribution in [1.82, 2.24) is 0 Å². The second-order valence-electron chi connectivity index (χ2n) is 3.35. The molecule has 0 atom stereocenters. The van der Waals surface area contributed by atoms with E-state index in [4.69, 9.17) is 0 Å². The number of carbonyl (C=O) groups excluding carboxylic acids is 2. The largest absolute Gasteiger partial charge is 0.287 e. The molecule has 0 unspecified atom stereocenters. The van der Waals surface area contributed by atoms with Gasteiger partial charge in [0.25, 0.3) is 0 Å². The highest BCUT2D eigenvalue weighted by Gasteiger charge is 2.11. The molecule has 3 heteroatoms. The van der Waals surface area contributed by atoms with E-state index in [9.17, 15) is 9.59 Å². The summed E-state index contributed by atoms with van der Waals surface area (Å²) in [4.78, 5) is 22.6. The molecule has 0 N–H and O–H groups in total. The van der Waals surface area contributed by atoms with E-state index in [0.29, 0.717) is 12.0 Å². The van der Waals surface area contributed by atoms with Gasteiger partial charge in [-0.2, -0.15) is 0 Å². The van der Waals surface area contributed by atoms with E-state index in [1.54, 1.807) is 12.2 Å². The van der Waals surface area contributed by atoms with Crippen LogP contribution in [-0.4, -0.2) is 11.1 Å². The van der Waals surface area contributed by atoms with Gasteiger partial charge in [-0.1, -0.05) is 31.7 Å². The van der Waals surface area contributed by atoms with Gasteiger partial charge in [-0.3, -0.25) is 4.79 Å². The predicted molar refractivity (Wildman–Crippen MR) is 58.5 cm³/mol. The highest BCUT2D eigenvalue weighted by molar-refractivity contribution is 8.17. The van der Waals surface area contributed by atoms with Gasteiger partial charge in [-0.05, 0) is 12.2 Å². The van der Waals surface area contributed by atoms with Crippen LogP contribution in [0.2, 0.25) is 0 Å². The molecule has 0 saturated heterocycles. The molecular weight excluding hydrogens is 196 g/mol. The Hall–Kier alpha value is -1.05. The molecule has 0 saturated carbocycles. The van der Waals surface area contributed by atoms with Crippen molar-refractivity contribution in [3.05, 3.63) is 28.7 Å². The van der Waals surface area contributed by atoms with Crippen molar-refractivity contribution in [1.29, 1.82) is 0 Å². The van der Waals surface area contributed by atoms with Crippen molar-refractivity contribution in [2.24, 2.45) is 5.92 Å². The summed E-state index contributed by atoms with van der Waals surface area (Å²) in [5.74, 6) is 1.88. The van der Waals surface area contributed by atoms with Crippen LogP contribution in [0.5, 0.6) is 0 Å². The molecule has 2 nitrogen and oxygen atoms in total. The lowest BCUT2D eigenvalue weighted by Gasteiger charge is -2.07. The third-order valence-corrected chi connectivity index (χ3v) is 3.00. The predicted octanol–water partition coefficient (Wildman–Crippen LogP) is 2.50. The van der Waals surface area contributed by atoms with Crippen molar-refractivity contribution >= 4 is 22.8 Å². The molecule has 1 rings (SSSR count). The Balaban J connectivity index is 2.58. The van der Waals surface area contributed by atoms with Gasteiger partial charge in [0, 0.05) is 22.8 Å². The van der Waals surface area contributed by atoms with Crippen LogP contribution in [0.1, 0.15) is 20.3 Å². The Morgan fingerprint density at radius 1 is 1.50 bits per heavy atom. The summed E-state index contributed by atoms with van der Waals surface area (Å²) in [6, 6.07) is 0. The van der Waals surface area contributed by atoms with Crippen LogP contribution in [-0.2, 0) is 9.59 Å². The average molecular weight is 208 g/mol. The Kier molecular flexibility index (Phi) is 3.93. The van der Waals surface area contributed by atoms with Crippen molar-refractivity contribution < 1.29 is 9.59 Å². The first kappa shape index (κ1) is 11.0. The molecule has 0 spiro atoms. The van der Waals surface area contributed by atoms with Crippen molar-refractivity contribution in [3.63, 3.8) is 0 Å². The summed E-state index contributed by atoms with van der Waals surface area (Å²) in [6.45, 7) is 3.75. The van der Waals surface area contributed by atoms with Gasteiger partial charge in [-0.15, -0.1) is 0 Å². The van der Waals surface area contributed by atoms with Gasteiger partial charge in [-0.25, -0.2) is 4.79 Å². The van der Waals surface area contributed by atoms with E-state index in [1.165, 1.54) is 11.8 Å². The molecule has 0 fully saturated rings. The standard InChI is InChI=1S/C11H12O2S/c1-8(2)11(13)14-10-5-3-9(7-12)4-6-10/h3,5-6,8H,4H2,1-2H3. The van der Waals surface area contributed by atoms with Gasteiger partial charge >= 0.3 is 0 Å². The molecule has 0 heterocycles. The summed E-state index contributed by atoms with van der Waals surface area (Å²) in [5, 5.41) is 0.152. The number of rotatable bonds is 2. The number of hydrogen-bond acceptors (Lipinski definition) is 3. The van der Waals surface area contributed by atoms with Crippen LogP contribution >= 0.6 is 11.8 Å². The quantitative estimate of drug-likeness (QED) is 0.654. The molecule has 0 aliphatic heterocycles. The highest BCUT2D eigenvalue weighted by Crippen LogP contribution is 2.26. The fourth-order valence-electron chi connectivity index (χ4n) is 0.915. The van der Waals surface area contributed by atoms with Crippen LogP contribution in [0, 0.1) is 5.92 Å². The van der Waals surface area contributed by atoms with E-state index in [1.807, 2.05) is 25.9 Å². The second kappa shape index (κ2) is 4.99. The molecule has 1 aliphatic rings. The van der Waals surface area contributed by atoms with Crippen LogP contribution in [0.3, 0.4) is 0 Å². The zero-order chi connectivity index (χ0) is 10.6. The number of thioether (sulfide) groups is 1. The van der Waals surface area contributed by atoms with Gasteiger partial charge in [0.05, 0.1) is 0 Å². The van der Waals surface area contributed by atoms with Gasteiger partial charge in [0.15, 0.2) is 5.12 Å². The SMILES string of the molecule is CC(C)C(=O)SC1=CCC(=C=O)C=C1. The summed E-state index contributed by atoms with van der Waals surface area (Å²) in [6.07, 6.45) is 5.95. The topological polar surface area (TPSA) is 34.1 Å². The fourth-order valence-corrected chi connectivity index (χ4v) is 1.69. The summed E-state index contributed by atoms with van der Waals surface area (Å²) in [7, 11) is 0. The van der Waals surface area contributed by atoms with Gasteiger partial charge in [0.1, 0.15) is 5.94 Å². The normalized spacial score (nSPS) is 15.4. The van der Waals surface area contributed by atoms with Crippen molar-refractivity contribution in [2.75, 3.05) is 0 Å². The molecule has 0 amide bonds. The van der Waals surface area contributed by atoms with Crippen molar-refractivity contribution in [3.8, 4) is 0 Å².